The van der Waals surface area contributed by atoms with E-state index in [1.807, 2.05) is 30.3 Å². The van der Waals surface area contributed by atoms with Gasteiger partial charge in [-0.25, -0.2) is 0 Å². The third-order valence-corrected chi connectivity index (χ3v) is 4.20. The van der Waals surface area contributed by atoms with Gasteiger partial charge in [0, 0.05) is 36.1 Å². The molecule has 0 aliphatic rings. The zero-order valence-corrected chi connectivity index (χ0v) is 15.5. The van der Waals surface area contributed by atoms with Crippen molar-refractivity contribution in [1.82, 2.24) is 9.88 Å². The van der Waals surface area contributed by atoms with E-state index in [4.69, 9.17) is 11.6 Å². The number of benzene rings is 2. The van der Waals surface area contributed by atoms with Crippen LogP contribution in [0.5, 0.6) is 0 Å². The van der Waals surface area contributed by atoms with Crippen LogP contribution in [0.2, 0.25) is 5.02 Å². The maximum absolute atomic E-state index is 12.6. The lowest BCUT2D eigenvalue weighted by molar-refractivity contribution is 0.0779. The molecular weight excluding hydrogens is 362 g/mol. The average Bonchev–Trinajstić information content (AvgIpc) is 2.70. The molecule has 6 heteroatoms. The van der Waals surface area contributed by atoms with Gasteiger partial charge >= 0.3 is 0 Å². The van der Waals surface area contributed by atoms with Crippen molar-refractivity contribution < 1.29 is 9.59 Å². The molecule has 1 N–H and O–H groups in total. The number of hydrogen-bond acceptors (Lipinski definition) is 3. The molecule has 3 aromatic rings. The highest BCUT2D eigenvalue weighted by molar-refractivity contribution is 6.30. The fourth-order valence-electron chi connectivity index (χ4n) is 2.55. The Balaban J connectivity index is 1.71. The minimum absolute atomic E-state index is 0.220. The van der Waals surface area contributed by atoms with Gasteiger partial charge in [-0.05, 0) is 42.0 Å². The van der Waals surface area contributed by atoms with E-state index in [9.17, 15) is 9.59 Å². The Morgan fingerprint density at radius 2 is 1.74 bits per heavy atom. The summed E-state index contributed by atoms with van der Waals surface area (Å²) in [5, 5.41) is 3.36. The predicted octanol–water partition coefficient (Wildman–Crippen LogP) is 4.26. The second-order valence-electron chi connectivity index (χ2n) is 6.04. The van der Waals surface area contributed by atoms with Crippen LogP contribution in [0.25, 0.3) is 0 Å². The Bertz CT molecular complexity index is 943. The van der Waals surface area contributed by atoms with Crippen LogP contribution in [-0.4, -0.2) is 28.7 Å². The van der Waals surface area contributed by atoms with Gasteiger partial charge in [-0.2, -0.15) is 0 Å². The number of aromatic nitrogens is 1. The van der Waals surface area contributed by atoms with Crippen molar-refractivity contribution in [1.29, 1.82) is 0 Å². The van der Waals surface area contributed by atoms with Crippen LogP contribution >= 0.6 is 11.6 Å². The summed E-state index contributed by atoms with van der Waals surface area (Å²) in [5.41, 5.74) is 2.22. The molecule has 0 spiro atoms. The molecule has 0 atom stereocenters. The number of nitrogens with one attached hydrogen (secondary N) is 1. The standard InChI is InChI=1S/C21H18ClN3O2/c1-25(14-15-5-3-2-4-6-15)21(27)19-13-16(11-12-23-19)20(26)24-18-9-7-17(22)8-10-18/h2-13H,14H2,1H3,(H,24,26). The molecule has 0 unspecified atom stereocenters. The van der Waals surface area contributed by atoms with Crippen molar-refractivity contribution in [2.45, 2.75) is 6.54 Å². The molecule has 0 fully saturated rings. The van der Waals surface area contributed by atoms with Gasteiger partial charge < -0.3 is 10.2 Å². The highest BCUT2D eigenvalue weighted by Gasteiger charge is 2.16. The Morgan fingerprint density at radius 3 is 2.44 bits per heavy atom. The fraction of sp³-hybridized carbons (Fsp3) is 0.0952. The molecule has 1 heterocycles. The summed E-state index contributed by atoms with van der Waals surface area (Å²) in [5.74, 6) is -0.570. The summed E-state index contributed by atoms with van der Waals surface area (Å²) in [7, 11) is 1.71. The third kappa shape index (κ3) is 4.92. The van der Waals surface area contributed by atoms with E-state index < -0.39 is 0 Å². The number of amides is 2. The highest BCUT2D eigenvalue weighted by atomic mass is 35.5. The molecule has 5 nitrogen and oxygen atoms in total. The minimum atomic E-state index is -0.320. The summed E-state index contributed by atoms with van der Waals surface area (Å²) in [6, 6.07) is 19.5. The second-order valence-corrected chi connectivity index (χ2v) is 6.47. The smallest absolute Gasteiger partial charge is 0.272 e. The van der Waals surface area contributed by atoms with E-state index in [0.717, 1.165) is 5.56 Å². The van der Waals surface area contributed by atoms with Gasteiger partial charge in [-0.1, -0.05) is 41.9 Å². The van der Waals surface area contributed by atoms with Crippen LogP contribution in [0.4, 0.5) is 5.69 Å². The second kappa shape index (κ2) is 8.47. The molecular formula is C21H18ClN3O2. The lowest BCUT2D eigenvalue weighted by Gasteiger charge is -2.17. The van der Waals surface area contributed by atoms with Crippen molar-refractivity contribution in [2.24, 2.45) is 0 Å². The summed E-state index contributed by atoms with van der Waals surface area (Å²) >= 11 is 5.85. The average molecular weight is 380 g/mol. The molecule has 0 saturated carbocycles. The molecule has 0 radical (unpaired) electrons. The van der Waals surface area contributed by atoms with E-state index in [1.165, 1.54) is 12.3 Å². The lowest BCUT2D eigenvalue weighted by Crippen LogP contribution is -2.27. The molecule has 136 valence electrons. The molecule has 1 aromatic heterocycles. The van der Waals surface area contributed by atoms with E-state index in [-0.39, 0.29) is 17.5 Å². The van der Waals surface area contributed by atoms with Gasteiger partial charge in [0.25, 0.3) is 11.8 Å². The zero-order valence-electron chi connectivity index (χ0n) is 14.7. The first-order valence-corrected chi connectivity index (χ1v) is 8.73. The van der Waals surface area contributed by atoms with E-state index in [1.54, 1.807) is 42.3 Å². The number of halogens is 1. The molecule has 0 bridgehead atoms. The zero-order chi connectivity index (χ0) is 19.2. The Hall–Kier alpha value is -3.18. The first kappa shape index (κ1) is 18.6. The van der Waals surface area contributed by atoms with E-state index in [2.05, 4.69) is 10.3 Å². The van der Waals surface area contributed by atoms with Crippen molar-refractivity contribution in [2.75, 3.05) is 12.4 Å². The predicted molar refractivity (Wildman–Crippen MR) is 106 cm³/mol. The topological polar surface area (TPSA) is 62.3 Å². The van der Waals surface area contributed by atoms with Gasteiger partial charge in [-0.15, -0.1) is 0 Å². The lowest BCUT2D eigenvalue weighted by atomic mass is 10.1. The number of carbonyl (C=O) groups excluding carboxylic acids is 2. The van der Waals surface area contributed by atoms with E-state index >= 15 is 0 Å². The van der Waals surface area contributed by atoms with Crippen LogP contribution in [0.1, 0.15) is 26.4 Å². The van der Waals surface area contributed by atoms with Crippen molar-refractivity contribution in [3.05, 3.63) is 94.8 Å². The molecule has 27 heavy (non-hydrogen) atoms. The summed E-state index contributed by atoms with van der Waals surface area (Å²) in [6.07, 6.45) is 1.46. The quantitative estimate of drug-likeness (QED) is 0.720. The molecule has 0 saturated heterocycles. The molecule has 3 rings (SSSR count). The molecule has 0 aliphatic carbocycles. The van der Waals surface area contributed by atoms with Gasteiger partial charge in [0.1, 0.15) is 5.69 Å². The number of nitrogens with zero attached hydrogens (tertiary/aromatic N) is 2. The normalized spacial score (nSPS) is 10.3. The fourth-order valence-corrected chi connectivity index (χ4v) is 2.68. The van der Waals surface area contributed by atoms with Gasteiger partial charge in [0.05, 0.1) is 0 Å². The largest absolute Gasteiger partial charge is 0.336 e. The van der Waals surface area contributed by atoms with Crippen LogP contribution in [0.15, 0.2) is 72.9 Å². The van der Waals surface area contributed by atoms with Crippen LogP contribution in [0.3, 0.4) is 0 Å². The highest BCUT2D eigenvalue weighted by Crippen LogP contribution is 2.15. The van der Waals surface area contributed by atoms with Crippen molar-refractivity contribution in [3.63, 3.8) is 0 Å². The molecule has 2 aromatic carbocycles. The SMILES string of the molecule is CN(Cc1ccccc1)C(=O)c1cc(C(=O)Nc2ccc(Cl)cc2)ccn1. The Morgan fingerprint density at radius 1 is 1.04 bits per heavy atom. The minimum Gasteiger partial charge on any atom is -0.336 e. The first-order chi connectivity index (χ1) is 13.0. The summed E-state index contributed by atoms with van der Waals surface area (Å²) in [4.78, 5) is 30.8. The number of pyridine rings is 1. The number of hydrogen-bond donors (Lipinski definition) is 1. The van der Waals surface area contributed by atoms with Gasteiger partial charge in [0.2, 0.25) is 0 Å². The molecule has 0 aliphatic heterocycles. The summed E-state index contributed by atoms with van der Waals surface area (Å²) in [6.45, 7) is 0.461. The number of anilines is 1. The van der Waals surface area contributed by atoms with Crippen LogP contribution in [-0.2, 0) is 6.54 Å². The molecule has 2 amide bonds. The number of carbonyl (C=O) groups is 2. The summed E-state index contributed by atoms with van der Waals surface area (Å²) < 4.78 is 0. The Kier molecular flexibility index (Phi) is 5.84. The van der Waals surface area contributed by atoms with Gasteiger partial charge in [-0.3, -0.25) is 14.6 Å². The van der Waals surface area contributed by atoms with Crippen molar-refractivity contribution in [3.8, 4) is 0 Å². The first-order valence-electron chi connectivity index (χ1n) is 8.35. The monoisotopic (exact) mass is 379 g/mol. The Labute approximate surface area is 162 Å². The van der Waals surface area contributed by atoms with Crippen LogP contribution < -0.4 is 5.32 Å². The van der Waals surface area contributed by atoms with Crippen LogP contribution in [0, 0.1) is 0 Å². The number of rotatable bonds is 5. The van der Waals surface area contributed by atoms with E-state index in [0.29, 0.717) is 22.8 Å². The maximum atomic E-state index is 12.6. The third-order valence-electron chi connectivity index (χ3n) is 3.95. The maximum Gasteiger partial charge on any atom is 0.272 e. The van der Waals surface area contributed by atoms with Crippen molar-refractivity contribution >= 4 is 29.1 Å². The van der Waals surface area contributed by atoms with Gasteiger partial charge in [0.15, 0.2) is 0 Å².